The molecule has 4 nitrogen and oxygen atoms in total. The molecule has 0 amide bonds. The zero-order valence-electron chi connectivity index (χ0n) is 7.41. The Morgan fingerprint density at radius 3 is 2.85 bits per heavy atom. The van der Waals surface area contributed by atoms with Crippen LogP contribution in [0.25, 0.3) is 0 Å². The zero-order valence-corrected chi connectivity index (χ0v) is 8.23. The largest absolute Gasteiger partial charge is 0.314 e. The van der Waals surface area contributed by atoms with Crippen LogP contribution in [-0.2, 0) is 4.79 Å². The lowest BCUT2D eigenvalue weighted by atomic mass is 10.5. The van der Waals surface area contributed by atoms with Gasteiger partial charge in [0.05, 0.1) is 6.04 Å². The van der Waals surface area contributed by atoms with Crippen molar-refractivity contribution in [2.75, 3.05) is 6.54 Å². The van der Waals surface area contributed by atoms with Crippen LogP contribution in [0.3, 0.4) is 0 Å². The lowest BCUT2D eigenvalue weighted by Crippen LogP contribution is -2.39. The van der Waals surface area contributed by atoms with Crippen LogP contribution in [0.1, 0.15) is 19.8 Å². The summed E-state index contributed by atoms with van der Waals surface area (Å²) in [6.45, 7) is 1.80. The lowest BCUT2D eigenvalue weighted by Gasteiger charge is -2.19. The number of thioether (sulfide) groups is 1. The molecule has 70 valence electrons. The van der Waals surface area contributed by atoms with Crippen LogP contribution in [0.4, 0.5) is 0 Å². The zero-order chi connectivity index (χ0) is 9.26. The van der Waals surface area contributed by atoms with E-state index >= 15 is 0 Å². The van der Waals surface area contributed by atoms with Gasteiger partial charge in [-0.3, -0.25) is 14.8 Å². The molecule has 2 fully saturated rings. The molecule has 1 N–H and O–H groups in total. The molecule has 2 rings (SSSR count). The molecule has 5 heteroatoms. The number of amidine groups is 2. The normalized spacial score (nSPS) is 27.2. The van der Waals surface area contributed by atoms with E-state index in [9.17, 15) is 4.79 Å². The summed E-state index contributed by atoms with van der Waals surface area (Å²) in [6, 6.07) is 0.546. The molecular formula is C8H11N3OS. The molecule has 0 unspecified atom stereocenters. The summed E-state index contributed by atoms with van der Waals surface area (Å²) >= 11 is 1.52. The van der Waals surface area contributed by atoms with Gasteiger partial charge in [0.2, 0.25) is 0 Å². The van der Waals surface area contributed by atoms with Crippen molar-refractivity contribution in [3.05, 3.63) is 0 Å². The van der Waals surface area contributed by atoms with Gasteiger partial charge in [0.1, 0.15) is 6.54 Å². The van der Waals surface area contributed by atoms with Crippen molar-refractivity contribution in [1.29, 1.82) is 0 Å². The molecule has 0 aromatic heterocycles. The Bertz CT molecular complexity index is 284. The predicted molar refractivity (Wildman–Crippen MR) is 54.2 cm³/mol. The third kappa shape index (κ3) is 2.55. The standard InChI is InChI=1S/C8H11N3OS/c1-5(12)4-9-7-11-8(13-7)10-6-2-3-6/h6H,2-4H2,1H3,(H,9,10,11). The van der Waals surface area contributed by atoms with Gasteiger partial charge in [0, 0.05) is 0 Å². The monoisotopic (exact) mass is 197 g/mol. The first-order valence-corrected chi connectivity index (χ1v) is 5.12. The first-order chi connectivity index (χ1) is 6.24. The Morgan fingerprint density at radius 1 is 1.62 bits per heavy atom. The average Bonchev–Trinajstić information content (AvgIpc) is 2.76. The fourth-order valence-corrected chi connectivity index (χ4v) is 1.53. The van der Waals surface area contributed by atoms with Crippen LogP contribution in [-0.4, -0.2) is 28.7 Å². The van der Waals surface area contributed by atoms with Crippen molar-refractivity contribution in [2.24, 2.45) is 9.98 Å². The van der Waals surface area contributed by atoms with E-state index in [2.05, 4.69) is 15.3 Å². The van der Waals surface area contributed by atoms with E-state index in [0.717, 1.165) is 10.3 Å². The highest BCUT2D eigenvalue weighted by atomic mass is 32.2. The third-order valence-corrected chi connectivity index (χ3v) is 2.52. The van der Waals surface area contributed by atoms with Gasteiger partial charge < -0.3 is 5.32 Å². The second-order valence-corrected chi connectivity index (χ2v) is 4.19. The first kappa shape index (κ1) is 8.74. The molecule has 0 aromatic rings. The van der Waals surface area contributed by atoms with Crippen LogP contribution < -0.4 is 5.32 Å². The van der Waals surface area contributed by atoms with E-state index in [1.807, 2.05) is 0 Å². The number of nitrogens with zero attached hydrogens (tertiary/aromatic N) is 2. The maximum Gasteiger partial charge on any atom is 0.170 e. The van der Waals surface area contributed by atoms with Crippen molar-refractivity contribution >= 4 is 27.9 Å². The lowest BCUT2D eigenvalue weighted by molar-refractivity contribution is -0.115. The number of Topliss-reactive ketones (excluding diaryl/α,β-unsaturated/α-hetero) is 1. The Balaban J connectivity index is 1.76. The SMILES string of the molecule is CC(=O)CN=C1NC(=NC2CC2)S1. The predicted octanol–water partition coefficient (Wildman–Crippen LogP) is 0.786. The van der Waals surface area contributed by atoms with Gasteiger partial charge in [-0.15, -0.1) is 0 Å². The quantitative estimate of drug-likeness (QED) is 0.727. The minimum absolute atomic E-state index is 0.0856. The van der Waals surface area contributed by atoms with Crippen molar-refractivity contribution in [3.8, 4) is 0 Å². The molecule has 1 heterocycles. The molecule has 0 bridgehead atoms. The molecule has 13 heavy (non-hydrogen) atoms. The van der Waals surface area contributed by atoms with E-state index in [1.54, 1.807) is 0 Å². The molecule has 0 aromatic carbocycles. The maximum absolute atomic E-state index is 10.6. The number of aliphatic imine (C=N–C) groups is 2. The van der Waals surface area contributed by atoms with Crippen molar-refractivity contribution in [3.63, 3.8) is 0 Å². The topological polar surface area (TPSA) is 53.8 Å². The van der Waals surface area contributed by atoms with Crippen molar-refractivity contribution in [1.82, 2.24) is 5.32 Å². The second kappa shape index (κ2) is 3.49. The van der Waals surface area contributed by atoms with Gasteiger partial charge in [0.15, 0.2) is 16.1 Å². The molecule has 0 radical (unpaired) electrons. The molecule has 0 atom stereocenters. The number of rotatable bonds is 3. The van der Waals surface area contributed by atoms with Crippen LogP contribution in [0, 0.1) is 0 Å². The highest BCUT2D eigenvalue weighted by Gasteiger charge is 2.26. The number of carbonyl (C=O) groups is 1. The van der Waals surface area contributed by atoms with E-state index < -0.39 is 0 Å². The maximum atomic E-state index is 10.6. The Hall–Kier alpha value is -0.840. The van der Waals surface area contributed by atoms with Crippen molar-refractivity contribution in [2.45, 2.75) is 25.8 Å². The van der Waals surface area contributed by atoms with Crippen molar-refractivity contribution < 1.29 is 4.79 Å². The molecule has 2 aliphatic rings. The average molecular weight is 197 g/mol. The number of hydrogen-bond acceptors (Lipinski definition) is 4. The Kier molecular flexibility index (Phi) is 2.35. The summed E-state index contributed by atoms with van der Waals surface area (Å²) in [5.74, 6) is 0.0856. The van der Waals surface area contributed by atoms with Gasteiger partial charge in [-0.25, -0.2) is 0 Å². The molecule has 1 saturated carbocycles. The van der Waals surface area contributed by atoms with E-state index in [-0.39, 0.29) is 12.3 Å². The van der Waals surface area contributed by atoms with Gasteiger partial charge in [0.25, 0.3) is 0 Å². The molecule has 0 spiro atoms. The Morgan fingerprint density at radius 2 is 2.31 bits per heavy atom. The van der Waals surface area contributed by atoms with Crippen LogP contribution in [0.15, 0.2) is 9.98 Å². The summed E-state index contributed by atoms with van der Waals surface area (Å²) in [5, 5.41) is 4.78. The third-order valence-electron chi connectivity index (χ3n) is 1.70. The van der Waals surface area contributed by atoms with Gasteiger partial charge in [-0.05, 0) is 31.5 Å². The number of carbonyl (C=O) groups excluding carboxylic acids is 1. The molecule has 1 saturated heterocycles. The van der Waals surface area contributed by atoms with E-state index in [0.29, 0.717) is 6.04 Å². The summed E-state index contributed by atoms with van der Waals surface area (Å²) < 4.78 is 0. The summed E-state index contributed by atoms with van der Waals surface area (Å²) in [6.07, 6.45) is 2.43. The van der Waals surface area contributed by atoms with Gasteiger partial charge >= 0.3 is 0 Å². The van der Waals surface area contributed by atoms with E-state index in [4.69, 9.17) is 0 Å². The van der Waals surface area contributed by atoms with Crippen LogP contribution in [0.5, 0.6) is 0 Å². The van der Waals surface area contributed by atoms with Gasteiger partial charge in [-0.1, -0.05) is 0 Å². The number of hydrogen-bond donors (Lipinski definition) is 1. The van der Waals surface area contributed by atoms with Crippen LogP contribution in [0.2, 0.25) is 0 Å². The fourth-order valence-electron chi connectivity index (χ4n) is 0.871. The molecule has 1 aliphatic carbocycles. The smallest absolute Gasteiger partial charge is 0.170 e. The highest BCUT2D eigenvalue weighted by molar-refractivity contribution is 8.29. The summed E-state index contributed by atoms with van der Waals surface area (Å²) in [4.78, 5) is 19.0. The number of ketones is 1. The number of nitrogens with one attached hydrogen (secondary N) is 1. The molecular weight excluding hydrogens is 186 g/mol. The summed E-state index contributed by atoms with van der Waals surface area (Å²) in [5.41, 5.74) is 0. The second-order valence-electron chi connectivity index (χ2n) is 3.22. The fraction of sp³-hybridized carbons (Fsp3) is 0.625. The minimum Gasteiger partial charge on any atom is -0.314 e. The highest BCUT2D eigenvalue weighted by Crippen LogP contribution is 2.26. The van der Waals surface area contributed by atoms with E-state index in [1.165, 1.54) is 31.5 Å². The van der Waals surface area contributed by atoms with Crippen LogP contribution >= 0.6 is 11.8 Å². The molecule has 1 aliphatic heterocycles. The summed E-state index contributed by atoms with van der Waals surface area (Å²) in [7, 11) is 0. The van der Waals surface area contributed by atoms with Gasteiger partial charge in [-0.2, -0.15) is 0 Å². The first-order valence-electron chi connectivity index (χ1n) is 4.30. The minimum atomic E-state index is 0.0856. The Labute approximate surface area is 80.9 Å².